The maximum atomic E-state index is 13.7. The molecule has 0 fully saturated rings. The highest BCUT2D eigenvalue weighted by atomic mass is 35.5. The van der Waals surface area contributed by atoms with E-state index in [2.05, 4.69) is 0 Å². The normalized spacial score (nSPS) is 12.8. The molecule has 0 amide bonds. The number of ether oxygens (including phenoxy) is 2. The molecule has 2 rings (SSSR count). The average Bonchev–Trinajstić information content (AvgIpc) is 2.53. The summed E-state index contributed by atoms with van der Waals surface area (Å²) in [4.78, 5) is 0. The Morgan fingerprint density at radius 1 is 1.17 bits per heavy atom. The van der Waals surface area contributed by atoms with Crippen LogP contribution in [0.4, 0.5) is 17.6 Å². The summed E-state index contributed by atoms with van der Waals surface area (Å²) in [5, 5.41) is 0.185. The molecule has 0 unspecified atom stereocenters. The second kappa shape index (κ2) is 7.27. The second-order valence-electron chi connectivity index (χ2n) is 4.92. The molecule has 0 saturated carbocycles. The van der Waals surface area contributed by atoms with Crippen molar-refractivity contribution in [3.63, 3.8) is 0 Å². The molecule has 0 radical (unpaired) electrons. The second-order valence-corrected chi connectivity index (χ2v) is 5.33. The summed E-state index contributed by atoms with van der Waals surface area (Å²) in [5.41, 5.74) is 5.13. The number of alkyl halides is 3. The van der Waals surface area contributed by atoms with E-state index in [-0.39, 0.29) is 34.3 Å². The van der Waals surface area contributed by atoms with Crippen LogP contribution >= 0.6 is 11.6 Å². The molecule has 2 aromatic rings. The van der Waals surface area contributed by atoms with Gasteiger partial charge in [0.15, 0.2) is 11.5 Å². The van der Waals surface area contributed by atoms with Crippen molar-refractivity contribution in [2.24, 2.45) is 5.73 Å². The third kappa shape index (κ3) is 4.10. The third-order valence-electron chi connectivity index (χ3n) is 3.33. The molecule has 2 aromatic carbocycles. The van der Waals surface area contributed by atoms with Crippen LogP contribution in [0.15, 0.2) is 36.4 Å². The van der Waals surface area contributed by atoms with E-state index in [4.69, 9.17) is 26.8 Å². The van der Waals surface area contributed by atoms with Crippen molar-refractivity contribution in [3.05, 3.63) is 58.4 Å². The molecular formula is C16H14ClF4NO2. The first-order valence-corrected chi connectivity index (χ1v) is 7.17. The van der Waals surface area contributed by atoms with Gasteiger partial charge in [0.2, 0.25) is 0 Å². The van der Waals surface area contributed by atoms with Gasteiger partial charge < -0.3 is 15.2 Å². The Balaban J connectivity index is 2.22. The SMILES string of the molecule is COc1cc([C@H](N)C(F)(F)F)ccc1OCc1c(F)cccc1Cl. The molecule has 24 heavy (non-hydrogen) atoms. The van der Waals surface area contributed by atoms with E-state index in [9.17, 15) is 17.6 Å². The van der Waals surface area contributed by atoms with Crippen molar-refractivity contribution >= 4 is 11.6 Å². The minimum Gasteiger partial charge on any atom is -0.493 e. The van der Waals surface area contributed by atoms with Crippen LogP contribution in [0, 0.1) is 5.82 Å². The Bertz CT molecular complexity index is 701. The number of methoxy groups -OCH3 is 1. The number of rotatable bonds is 5. The van der Waals surface area contributed by atoms with Gasteiger partial charge in [0.25, 0.3) is 0 Å². The monoisotopic (exact) mass is 363 g/mol. The molecular weight excluding hydrogens is 350 g/mol. The summed E-state index contributed by atoms with van der Waals surface area (Å²) in [6, 6.07) is 5.65. The lowest BCUT2D eigenvalue weighted by atomic mass is 10.1. The van der Waals surface area contributed by atoms with Crippen LogP contribution in [0.1, 0.15) is 17.2 Å². The summed E-state index contributed by atoms with van der Waals surface area (Å²) in [7, 11) is 1.28. The van der Waals surface area contributed by atoms with Gasteiger partial charge >= 0.3 is 6.18 Å². The molecule has 1 atom stereocenters. The molecule has 0 bridgehead atoms. The maximum absolute atomic E-state index is 13.7. The Labute approximate surface area is 140 Å². The van der Waals surface area contributed by atoms with Gasteiger partial charge in [-0.25, -0.2) is 4.39 Å². The number of benzene rings is 2. The minimum absolute atomic E-state index is 0.0552. The van der Waals surface area contributed by atoms with Crippen LogP contribution in [0.25, 0.3) is 0 Å². The number of hydrogen-bond donors (Lipinski definition) is 1. The smallest absolute Gasteiger partial charge is 0.407 e. The highest BCUT2D eigenvalue weighted by Gasteiger charge is 2.38. The highest BCUT2D eigenvalue weighted by molar-refractivity contribution is 6.31. The Kier molecular flexibility index (Phi) is 5.56. The predicted molar refractivity (Wildman–Crippen MR) is 81.7 cm³/mol. The summed E-state index contributed by atoms with van der Waals surface area (Å²) >= 11 is 5.89. The van der Waals surface area contributed by atoms with E-state index in [1.807, 2.05) is 0 Å². The molecule has 130 valence electrons. The molecule has 0 spiro atoms. The lowest BCUT2D eigenvalue weighted by molar-refractivity contribution is -0.149. The zero-order chi connectivity index (χ0) is 17.9. The van der Waals surface area contributed by atoms with E-state index in [1.165, 1.54) is 37.4 Å². The van der Waals surface area contributed by atoms with Gasteiger partial charge in [-0.1, -0.05) is 23.7 Å². The third-order valence-corrected chi connectivity index (χ3v) is 3.69. The number of nitrogens with two attached hydrogens (primary N) is 1. The van der Waals surface area contributed by atoms with Gasteiger partial charge in [0.05, 0.1) is 12.1 Å². The summed E-state index contributed by atoms with van der Waals surface area (Å²) in [5.74, 6) is -0.341. The van der Waals surface area contributed by atoms with E-state index in [0.717, 1.165) is 6.07 Å². The summed E-state index contributed by atoms with van der Waals surface area (Å²) in [6.45, 7) is -0.202. The Morgan fingerprint density at radius 2 is 1.88 bits per heavy atom. The Morgan fingerprint density at radius 3 is 2.46 bits per heavy atom. The van der Waals surface area contributed by atoms with Gasteiger partial charge in [-0.2, -0.15) is 13.2 Å². The topological polar surface area (TPSA) is 44.5 Å². The molecule has 0 aliphatic heterocycles. The molecule has 8 heteroatoms. The minimum atomic E-state index is -4.58. The fourth-order valence-electron chi connectivity index (χ4n) is 2.01. The molecule has 0 aliphatic rings. The first kappa shape index (κ1) is 18.4. The quantitative estimate of drug-likeness (QED) is 0.788. The Hall–Kier alpha value is -1.99. The van der Waals surface area contributed by atoms with E-state index in [0.29, 0.717) is 0 Å². The van der Waals surface area contributed by atoms with Crippen molar-refractivity contribution in [2.45, 2.75) is 18.8 Å². The van der Waals surface area contributed by atoms with Crippen LogP contribution in [-0.4, -0.2) is 13.3 Å². The molecule has 0 saturated heterocycles. The zero-order valence-electron chi connectivity index (χ0n) is 12.5. The van der Waals surface area contributed by atoms with Crippen LogP contribution < -0.4 is 15.2 Å². The van der Waals surface area contributed by atoms with Crippen molar-refractivity contribution in [2.75, 3.05) is 7.11 Å². The van der Waals surface area contributed by atoms with Gasteiger partial charge in [-0.15, -0.1) is 0 Å². The lowest BCUT2D eigenvalue weighted by Gasteiger charge is -2.18. The van der Waals surface area contributed by atoms with E-state index >= 15 is 0 Å². The highest BCUT2D eigenvalue weighted by Crippen LogP contribution is 2.36. The van der Waals surface area contributed by atoms with Crippen molar-refractivity contribution in [1.82, 2.24) is 0 Å². The lowest BCUT2D eigenvalue weighted by Crippen LogP contribution is -2.28. The predicted octanol–water partition coefficient (Wildman–Crippen LogP) is 4.63. The molecule has 3 nitrogen and oxygen atoms in total. The zero-order valence-corrected chi connectivity index (χ0v) is 13.3. The largest absolute Gasteiger partial charge is 0.493 e. The first-order chi connectivity index (χ1) is 11.2. The fraction of sp³-hybridized carbons (Fsp3) is 0.250. The summed E-state index contributed by atoms with van der Waals surface area (Å²) in [6.07, 6.45) is -4.58. The van der Waals surface area contributed by atoms with Crippen molar-refractivity contribution < 1.29 is 27.0 Å². The van der Waals surface area contributed by atoms with Crippen LogP contribution in [0.3, 0.4) is 0 Å². The van der Waals surface area contributed by atoms with Crippen LogP contribution in [-0.2, 0) is 6.61 Å². The molecule has 0 aromatic heterocycles. The van der Waals surface area contributed by atoms with E-state index < -0.39 is 18.0 Å². The standard InChI is InChI=1S/C16H14ClF4NO2/c1-23-14-7-9(15(22)16(19,20)21)5-6-13(14)24-8-10-11(17)3-2-4-12(10)18/h2-7,15H,8,22H2,1H3/t15-/m0/s1. The van der Waals surface area contributed by atoms with Gasteiger partial charge in [-0.3, -0.25) is 0 Å². The van der Waals surface area contributed by atoms with E-state index in [1.54, 1.807) is 0 Å². The van der Waals surface area contributed by atoms with Crippen molar-refractivity contribution in [1.29, 1.82) is 0 Å². The van der Waals surface area contributed by atoms with Crippen LogP contribution in [0.5, 0.6) is 11.5 Å². The van der Waals surface area contributed by atoms with Gasteiger partial charge in [0.1, 0.15) is 18.5 Å². The number of hydrogen-bond acceptors (Lipinski definition) is 3. The van der Waals surface area contributed by atoms with Crippen LogP contribution in [0.2, 0.25) is 5.02 Å². The first-order valence-electron chi connectivity index (χ1n) is 6.80. The summed E-state index contributed by atoms with van der Waals surface area (Å²) < 4.78 is 62.2. The van der Waals surface area contributed by atoms with Gasteiger partial charge in [0, 0.05) is 5.56 Å². The maximum Gasteiger partial charge on any atom is 0.407 e. The molecule has 0 heterocycles. The number of halogens is 5. The fourth-order valence-corrected chi connectivity index (χ4v) is 2.22. The van der Waals surface area contributed by atoms with Gasteiger partial charge in [-0.05, 0) is 29.8 Å². The van der Waals surface area contributed by atoms with Crippen molar-refractivity contribution in [3.8, 4) is 11.5 Å². The average molecular weight is 364 g/mol. The molecule has 2 N–H and O–H groups in total. The molecule has 0 aliphatic carbocycles.